The summed E-state index contributed by atoms with van der Waals surface area (Å²) >= 11 is 0. The van der Waals surface area contributed by atoms with Gasteiger partial charge < -0.3 is 19.5 Å². The lowest BCUT2D eigenvalue weighted by molar-refractivity contribution is -0.187. The molecule has 1 aromatic carbocycles. The normalized spacial score (nSPS) is 27.3. The van der Waals surface area contributed by atoms with Gasteiger partial charge in [-0.05, 0) is 50.8 Å². The number of hydrogen-bond donors (Lipinski definition) is 1. The largest absolute Gasteiger partial charge is 0.497 e. The third kappa shape index (κ3) is 3.65. The summed E-state index contributed by atoms with van der Waals surface area (Å²) < 4.78 is 16.0. The predicted molar refractivity (Wildman–Crippen MR) is 109 cm³/mol. The van der Waals surface area contributed by atoms with Gasteiger partial charge in [-0.15, -0.1) is 0 Å². The number of nitrogens with zero attached hydrogens (tertiary/aromatic N) is 1. The minimum absolute atomic E-state index is 0.0938. The van der Waals surface area contributed by atoms with E-state index in [2.05, 4.69) is 11.4 Å². The fraction of sp³-hybridized carbons (Fsp3) is 0.609. The van der Waals surface area contributed by atoms with Crippen LogP contribution in [-0.2, 0) is 19.1 Å². The maximum atomic E-state index is 13.2. The molecule has 1 N–H and O–H groups in total. The number of carbonyl (C=O) groups is 2. The highest BCUT2D eigenvalue weighted by Crippen LogP contribution is 2.57. The maximum Gasteiger partial charge on any atom is 0.323 e. The molecule has 0 aromatic heterocycles. The summed E-state index contributed by atoms with van der Waals surface area (Å²) in [4.78, 5) is 26.4. The van der Waals surface area contributed by atoms with Crippen LogP contribution in [0.25, 0.3) is 0 Å². The van der Waals surface area contributed by atoms with Gasteiger partial charge in [-0.1, -0.05) is 18.6 Å². The van der Waals surface area contributed by atoms with Gasteiger partial charge in [0.15, 0.2) is 5.41 Å². The quantitative estimate of drug-likeness (QED) is 0.564. The molecule has 1 aliphatic carbocycles. The molecule has 1 saturated heterocycles. The molecule has 1 aliphatic heterocycles. The van der Waals surface area contributed by atoms with Crippen LogP contribution in [0.15, 0.2) is 24.3 Å². The molecule has 0 unspecified atom stereocenters. The fourth-order valence-corrected chi connectivity index (χ4v) is 5.12. The van der Waals surface area contributed by atoms with Gasteiger partial charge >= 0.3 is 11.9 Å². The summed E-state index contributed by atoms with van der Waals surface area (Å²) in [5, 5.41) is 13.6. The first-order valence-electron chi connectivity index (χ1n) is 10.6. The second-order valence-corrected chi connectivity index (χ2v) is 8.03. The van der Waals surface area contributed by atoms with Crippen molar-refractivity contribution in [3.8, 4) is 11.8 Å². The molecule has 3 atom stereocenters. The zero-order chi connectivity index (χ0) is 21.8. The molecular formula is C23H30N2O5. The van der Waals surface area contributed by atoms with Crippen LogP contribution in [0.2, 0.25) is 0 Å². The van der Waals surface area contributed by atoms with E-state index < -0.39 is 28.7 Å². The zero-order valence-corrected chi connectivity index (χ0v) is 17.9. The van der Waals surface area contributed by atoms with E-state index in [0.29, 0.717) is 32.2 Å². The molecule has 162 valence electrons. The number of piperidine rings is 1. The van der Waals surface area contributed by atoms with Crippen LogP contribution < -0.4 is 10.1 Å². The van der Waals surface area contributed by atoms with E-state index in [1.54, 1.807) is 21.0 Å². The number of carbonyl (C=O) groups excluding carboxylic acids is 2. The van der Waals surface area contributed by atoms with Gasteiger partial charge in [-0.3, -0.25) is 9.59 Å². The molecule has 1 heterocycles. The highest BCUT2D eigenvalue weighted by Gasteiger charge is 2.65. The zero-order valence-electron chi connectivity index (χ0n) is 17.9. The van der Waals surface area contributed by atoms with E-state index in [9.17, 15) is 14.9 Å². The topological polar surface area (TPSA) is 97.7 Å². The second kappa shape index (κ2) is 9.05. The summed E-state index contributed by atoms with van der Waals surface area (Å²) in [7, 11) is 1.62. The number of methoxy groups -OCH3 is 1. The van der Waals surface area contributed by atoms with Crippen molar-refractivity contribution in [3.63, 3.8) is 0 Å². The van der Waals surface area contributed by atoms with Crippen molar-refractivity contribution in [1.82, 2.24) is 5.32 Å². The second-order valence-electron chi connectivity index (χ2n) is 8.03. The molecule has 0 spiro atoms. The van der Waals surface area contributed by atoms with Crippen molar-refractivity contribution in [2.24, 2.45) is 16.7 Å². The minimum Gasteiger partial charge on any atom is -0.497 e. The van der Waals surface area contributed by atoms with Crippen LogP contribution in [-0.4, -0.2) is 38.8 Å². The van der Waals surface area contributed by atoms with Crippen LogP contribution >= 0.6 is 0 Å². The molecule has 30 heavy (non-hydrogen) atoms. The highest BCUT2D eigenvalue weighted by atomic mass is 16.6. The Morgan fingerprint density at radius 1 is 1.13 bits per heavy atom. The number of fused-ring (bicyclic) bond motifs is 1. The van der Waals surface area contributed by atoms with Crippen LogP contribution in [0.5, 0.6) is 5.75 Å². The monoisotopic (exact) mass is 414 g/mol. The number of esters is 2. The van der Waals surface area contributed by atoms with Crippen molar-refractivity contribution >= 4 is 11.9 Å². The lowest BCUT2D eigenvalue weighted by atomic mass is 9.51. The van der Waals surface area contributed by atoms with E-state index in [4.69, 9.17) is 14.2 Å². The average Bonchev–Trinajstić information content (AvgIpc) is 2.78. The molecule has 1 aromatic rings. The third-order valence-corrected chi connectivity index (χ3v) is 6.61. The summed E-state index contributed by atoms with van der Waals surface area (Å²) in [6.45, 7) is 4.20. The molecule has 0 radical (unpaired) electrons. The number of rotatable bonds is 6. The summed E-state index contributed by atoms with van der Waals surface area (Å²) in [5.74, 6) is -0.868. The van der Waals surface area contributed by atoms with E-state index >= 15 is 0 Å². The molecule has 7 nitrogen and oxygen atoms in total. The van der Waals surface area contributed by atoms with E-state index in [-0.39, 0.29) is 19.3 Å². The number of hydrogen-bond acceptors (Lipinski definition) is 7. The average molecular weight is 415 g/mol. The Kier molecular flexibility index (Phi) is 6.67. The molecule has 0 amide bonds. The van der Waals surface area contributed by atoms with E-state index in [0.717, 1.165) is 11.3 Å². The van der Waals surface area contributed by atoms with Gasteiger partial charge in [-0.25, -0.2) is 0 Å². The van der Waals surface area contributed by atoms with Crippen LogP contribution in [0.1, 0.15) is 51.1 Å². The number of ether oxygens (including phenoxy) is 3. The number of nitrogens with one attached hydrogen (secondary N) is 1. The van der Waals surface area contributed by atoms with E-state index in [1.807, 2.05) is 24.3 Å². The predicted octanol–water partition coefficient (Wildman–Crippen LogP) is 3.15. The first kappa shape index (κ1) is 22.1. The lowest BCUT2D eigenvalue weighted by Crippen LogP contribution is -2.61. The molecule has 1 saturated carbocycles. The highest BCUT2D eigenvalue weighted by molar-refractivity contribution is 6.01. The van der Waals surface area contributed by atoms with Gasteiger partial charge in [0, 0.05) is 18.5 Å². The minimum atomic E-state index is -1.45. The first-order valence-corrected chi connectivity index (χ1v) is 10.6. The fourth-order valence-electron chi connectivity index (χ4n) is 5.12. The van der Waals surface area contributed by atoms with E-state index in [1.165, 1.54) is 0 Å². The first-order chi connectivity index (χ1) is 14.5. The summed E-state index contributed by atoms with van der Waals surface area (Å²) in [5.41, 5.74) is -1.25. The van der Waals surface area contributed by atoms with Crippen LogP contribution in [0, 0.1) is 28.1 Å². The smallest absolute Gasteiger partial charge is 0.323 e. The Morgan fingerprint density at radius 3 is 2.30 bits per heavy atom. The Labute approximate surface area is 177 Å². The van der Waals surface area contributed by atoms with Crippen molar-refractivity contribution in [2.45, 2.75) is 45.6 Å². The molecular weight excluding hydrogens is 384 g/mol. The van der Waals surface area contributed by atoms with Gasteiger partial charge in [0.2, 0.25) is 0 Å². The van der Waals surface area contributed by atoms with Crippen molar-refractivity contribution in [2.75, 3.05) is 26.9 Å². The Bertz CT molecular complexity index is 798. The van der Waals surface area contributed by atoms with Crippen molar-refractivity contribution in [1.29, 1.82) is 5.26 Å². The Morgan fingerprint density at radius 2 is 1.77 bits per heavy atom. The maximum absolute atomic E-state index is 13.2. The molecule has 2 fully saturated rings. The van der Waals surface area contributed by atoms with Gasteiger partial charge in [0.1, 0.15) is 5.75 Å². The Hall–Kier alpha value is -2.59. The Balaban J connectivity index is 2.03. The molecule has 0 bridgehead atoms. The van der Waals surface area contributed by atoms with Gasteiger partial charge in [-0.2, -0.15) is 5.26 Å². The number of nitriles is 1. The third-order valence-electron chi connectivity index (χ3n) is 6.61. The van der Waals surface area contributed by atoms with Crippen molar-refractivity contribution in [3.05, 3.63) is 29.8 Å². The van der Waals surface area contributed by atoms with Gasteiger partial charge in [0.05, 0.1) is 31.8 Å². The standard InChI is InChI=1S/C23H30N2O5/c1-4-29-20(26)23(21(27)30-5-2)12-6-11-22(14-24)15-25-18(13-19(22)23)16-7-9-17(28-3)10-8-16/h7-10,18-19,25H,4-6,11-13,15H2,1-3H3/t18-,19-,22+/m0/s1. The molecule has 2 aliphatic rings. The lowest BCUT2D eigenvalue weighted by Gasteiger charge is -2.52. The number of benzene rings is 1. The molecule has 7 heteroatoms. The van der Waals surface area contributed by atoms with Crippen molar-refractivity contribution < 1.29 is 23.8 Å². The van der Waals surface area contributed by atoms with Crippen LogP contribution in [0.4, 0.5) is 0 Å². The summed E-state index contributed by atoms with van der Waals surface area (Å²) in [6, 6.07) is 10.1. The molecule has 3 rings (SSSR count). The SMILES string of the molecule is CCOC(=O)C1(C(=O)OCC)CCC[C@@]2(C#N)CN[C@H](c3ccc(OC)cc3)C[C@H]12. The van der Waals surface area contributed by atoms with Crippen LogP contribution in [0.3, 0.4) is 0 Å². The van der Waals surface area contributed by atoms with Gasteiger partial charge in [0.25, 0.3) is 0 Å². The summed E-state index contributed by atoms with van der Waals surface area (Å²) in [6.07, 6.45) is 2.04.